The van der Waals surface area contributed by atoms with E-state index in [-0.39, 0.29) is 5.91 Å². The van der Waals surface area contributed by atoms with E-state index in [0.29, 0.717) is 6.42 Å². The molecule has 0 heterocycles. The van der Waals surface area contributed by atoms with Gasteiger partial charge >= 0.3 is 0 Å². The summed E-state index contributed by atoms with van der Waals surface area (Å²) in [6.45, 7) is 8.16. The number of anilines is 1. The Morgan fingerprint density at radius 3 is 1.77 bits per heavy atom. The number of para-hydroxylation sites is 1. The van der Waals surface area contributed by atoms with E-state index >= 15 is 0 Å². The van der Waals surface area contributed by atoms with Crippen LogP contribution in [-0.2, 0) is 4.79 Å². The zero-order valence-corrected chi connectivity index (χ0v) is 20.7. The summed E-state index contributed by atoms with van der Waals surface area (Å²) < 4.78 is 0. The van der Waals surface area contributed by atoms with Crippen molar-refractivity contribution in [1.29, 1.82) is 0 Å². The Hall–Kier alpha value is -1.61. The summed E-state index contributed by atoms with van der Waals surface area (Å²) in [7, 11) is 0. The zero-order valence-electron chi connectivity index (χ0n) is 20.7. The summed E-state index contributed by atoms with van der Waals surface area (Å²) in [5, 5.41) is 4.00. The number of carbonyl (C=O) groups is 1. The summed E-state index contributed by atoms with van der Waals surface area (Å²) >= 11 is 0. The quantitative estimate of drug-likeness (QED) is 0.126. The fourth-order valence-electron chi connectivity index (χ4n) is 3.99. The molecular formula is C28H48N2O. The van der Waals surface area contributed by atoms with Crippen LogP contribution in [-0.4, -0.2) is 24.0 Å². The number of nitrogens with zero attached hydrogens (tertiary/aromatic N) is 2. The first kappa shape index (κ1) is 27.4. The minimum Gasteiger partial charge on any atom is -0.273 e. The molecule has 0 saturated heterocycles. The lowest BCUT2D eigenvalue weighted by Crippen LogP contribution is -2.46. The second-order valence-electron chi connectivity index (χ2n) is 8.51. The first-order valence-corrected chi connectivity index (χ1v) is 13.0. The molecule has 0 N–H and O–H groups in total. The van der Waals surface area contributed by atoms with Gasteiger partial charge in [-0.3, -0.25) is 4.79 Å². The Morgan fingerprint density at radius 1 is 0.710 bits per heavy atom. The van der Waals surface area contributed by atoms with Gasteiger partial charge in [0.05, 0.1) is 5.69 Å². The average Bonchev–Trinajstić information content (AvgIpc) is 2.80. The third kappa shape index (κ3) is 12.7. The minimum atomic E-state index is 0.215. The van der Waals surface area contributed by atoms with E-state index in [9.17, 15) is 4.79 Å². The first-order chi connectivity index (χ1) is 15.2. The van der Waals surface area contributed by atoms with E-state index in [1.54, 1.807) is 0 Å². The van der Waals surface area contributed by atoms with Crippen LogP contribution < -0.4 is 5.01 Å². The molecule has 0 bridgehead atoms. The highest BCUT2D eigenvalue weighted by atomic mass is 16.2. The van der Waals surface area contributed by atoms with E-state index in [0.717, 1.165) is 31.6 Å². The Morgan fingerprint density at radius 2 is 1.23 bits per heavy atom. The van der Waals surface area contributed by atoms with Gasteiger partial charge in [-0.15, -0.1) is 0 Å². The van der Waals surface area contributed by atoms with Crippen molar-refractivity contribution < 1.29 is 4.79 Å². The lowest BCUT2D eigenvalue weighted by Gasteiger charge is -2.33. The van der Waals surface area contributed by atoms with Gasteiger partial charge in [0.2, 0.25) is 5.91 Å². The van der Waals surface area contributed by atoms with E-state index in [1.165, 1.54) is 70.6 Å². The molecule has 0 aliphatic heterocycles. The third-order valence-electron chi connectivity index (χ3n) is 5.90. The normalized spacial score (nSPS) is 11.5. The Kier molecular flexibility index (Phi) is 16.9. The molecule has 1 rings (SSSR count). The molecule has 0 radical (unpaired) electrons. The van der Waals surface area contributed by atoms with Gasteiger partial charge in [-0.05, 0) is 44.2 Å². The van der Waals surface area contributed by atoms with E-state index < -0.39 is 0 Å². The highest BCUT2D eigenvalue weighted by molar-refractivity contribution is 5.92. The molecule has 0 fully saturated rings. The molecular weight excluding hydrogens is 380 g/mol. The summed E-state index contributed by atoms with van der Waals surface area (Å²) in [5.74, 6) is 0.215. The zero-order chi connectivity index (χ0) is 22.6. The highest BCUT2D eigenvalue weighted by Gasteiger charge is 2.20. The molecule has 0 aliphatic carbocycles. The largest absolute Gasteiger partial charge is 0.273 e. The Balaban J connectivity index is 2.13. The number of allylic oxidation sites excluding steroid dienone is 2. The van der Waals surface area contributed by atoms with Crippen molar-refractivity contribution in [3.63, 3.8) is 0 Å². The van der Waals surface area contributed by atoms with Crippen LogP contribution in [0.5, 0.6) is 0 Å². The smallest absolute Gasteiger partial charge is 0.241 e. The number of hydrogen-bond acceptors (Lipinski definition) is 2. The molecule has 31 heavy (non-hydrogen) atoms. The molecule has 1 aromatic rings. The third-order valence-corrected chi connectivity index (χ3v) is 5.90. The predicted octanol–water partition coefficient (Wildman–Crippen LogP) is 8.31. The molecule has 0 aliphatic rings. The van der Waals surface area contributed by atoms with Gasteiger partial charge in [-0.1, -0.05) is 102 Å². The maximum atomic E-state index is 12.9. The standard InChI is InChI=1S/C28H48N2O/c1-4-7-8-9-10-11-12-13-14-15-16-17-18-19-23-26-28(31)30(29(5-2)6-3)27-24-21-20-22-25-27/h13-14,20-22,24-25H,4-12,15-19,23,26H2,1-3H3/b14-13-. The van der Waals surface area contributed by atoms with Crippen LogP contribution in [0.3, 0.4) is 0 Å². The maximum Gasteiger partial charge on any atom is 0.241 e. The molecule has 0 aromatic heterocycles. The molecule has 1 aromatic carbocycles. The van der Waals surface area contributed by atoms with Gasteiger partial charge in [0, 0.05) is 19.5 Å². The molecule has 0 spiro atoms. The van der Waals surface area contributed by atoms with Crippen LogP contribution in [0.2, 0.25) is 0 Å². The number of benzene rings is 1. The van der Waals surface area contributed by atoms with Gasteiger partial charge in [0.15, 0.2) is 0 Å². The fraction of sp³-hybridized carbons (Fsp3) is 0.679. The lowest BCUT2D eigenvalue weighted by molar-refractivity contribution is -0.121. The van der Waals surface area contributed by atoms with Crippen molar-refractivity contribution >= 4 is 11.6 Å². The molecule has 0 saturated carbocycles. The molecule has 3 heteroatoms. The molecule has 0 atom stereocenters. The average molecular weight is 429 g/mol. The Bertz CT molecular complexity index is 566. The number of hydrogen-bond donors (Lipinski definition) is 0. The van der Waals surface area contributed by atoms with Crippen LogP contribution in [0, 0.1) is 0 Å². The number of hydrazine groups is 1. The molecule has 3 nitrogen and oxygen atoms in total. The fourth-order valence-corrected chi connectivity index (χ4v) is 3.99. The van der Waals surface area contributed by atoms with Gasteiger partial charge in [-0.25, -0.2) is 10.0 Å². The van der Waals surface area contributed by atoms with Crippen molar-refractivity contribution in [1.82, 2.24) is 5.01 Å². The molecule has 0 unspecified atom stereocenters. The van der Waals surface area contributed by atoms with Crippen molar-refractivity contribution in [3.05, 3.63) is 42.5 Å². The van der Waals surface area contributed by atoms with Crippen molar-refractivity contribution in [2.75, 3.05) is 18.1 Å². The summed E-state index contributed by atoms with van der Waals surface area (Å²) in [6.07, 6.45) is 22.0. The van der Waals surface area contributed by atoms with Crippen molar-refractivity contribution in [3.8, 4) is 0 Å². The van der Waals surface area contributed by atoms with E-state index in [1.807, 2.05) is 35.3 Å². The van der Waals surface area contributed by atoms with E-state index in [2.05, 4.69) is 37.9 Å². The monoisotopic (exact) mass is 428 g/mol. The summed E-state index contributed by atoms with van der Waals surface area (Å²) in [4.78, 5) is 12.9. The second kappa shape index (κ2) is 19.1. The van der Waals surface area contributed by atoms with Gasteiger partial charge in [0.25, 0.3) is 0 Å². The second-order valence-corrected chi connectivity index (χ2v) is 8.51. The number of rotatable bonds is 19. The van der Waals surface area contributed by atoms with Crippen LogP contribution in [0.1, 0.15) is 111 Å². The SMILES string of the molecule is CCCCCCCC/C=C\CCCCCCCC(=O)N(c1ccccc1)N(CC)CC. The van der Waals surface area contributed by atoms with Crippen LogP contribution in [0.4, 0.5) is 5.69 Å². The van der Waals surface area contributed by atoms with Gasteiger partial charge in [0.1, 0.15) is 0 Å². The van der Waals surface area contributed by atoms with Gasteiger partial charge < -0.3 is 0 Å². The highest BCUT2D eigenvalue weighted by Crippen LogP contribution is 2.19. The van der Waals surface area contributed by atoms with Crippen LogP contribution >= 0.6 is 0 Å². The lowest BCUT2D eigenvalue weighted by atomic mass is 10.1. The van der Waals surface area contributed by atoms with Crippen molar-refractivity contribution in [2.24, 2.45) is 0 Å². The molecule has 1 amide bonds. The van der Waals surface area contributed by atoms with Gasteiger partial charge in [-0.2, -0.15) is 0 Å². The van der Waals surface area contributed by atoms with E-state index in [4.69, 9.17) is 0 Å². The number of amides is 1. The summed E-state index contributed by atoms with van der Waals surface area (Å²) in [6, 6.07) is 10.0. The van der Waals surface area contributed by atoms with Crippen LogP contribution in [0.25, 0.3) is 0 Å². The molecule has 176 valence electrons. The van der Waals surface area contributed by atoms with Crippen LogP contribution in [0.15, 0.2) is 42.5 Å². The first-order valence-electron chi connectivity index (χ1n) is 13.0. The Labute approximate surface area is 192 Å². The van der Waals surface area contributed by atoms with Crippen molar-refractivity contribution in [2.45, 2.75) is 111 Å². The minimum absolute atomic E-state index is 0.215. The maximum absolute atomic E-state index is 12.9. The topological polar surface area (TPSA) is 23.6 Å². The summed E-state index contributed by atoms with van der Waals surface area (Å²) in [5.41, 5.74) is 0.976. The predicted molar refractivity (Wildman–Crippen MR) is 136 cm³/mol. The number of carbonyl (C=O) groups excluding carboxylic acids is 1. The number of unbranched alkanes of at least 4 members (excludes halogenated alkanes) is 11.